The molecule has 0 radical (unpaired) electrons. The van der Waals surface area contributed by atoms with Crippen molar-refractivity contribution in [1.29, 1.82) is 0 Å². The van der Waals surface area contributed by atoms with Gasteiger partial charge in [-0.1, -0.05) is 30.3 Å². The Hall–Kier alpha value is -3.49. The number of aromatic nitrogens is 1. The second-order valence-corrected chi connectivity index (χ2v) is 9.28. The number of thiophene rings is 1. The number of ether oxygens (including phenoxy) is 1. The van der Waals surface area contributed by atoms with Crippen LogP contribution in [0.2, 0.25) is 0 Å². The van der Waals surface area contributed by atoms with E-state index in [1.807, 2.05) is 37.3 Å². The molecule has 2 aromatic carbocycles. The van der Waals surface area contributed by atoms with Crippen molar-refractivity contribution in [2.45, 2.75) is 13.3 Å². The number of H-pyrrole nitrogens is 1. The Bertz CT molecular complexity index is 1360. The van der Waals surface area contributed by atoms with Crippen LogP contribution < -0.4 is 5.32 Å². The van der Waals surface area contributed by atoms with Crippen molar-refractivity contribution in [3.05, 3.63) is 77.2 Å². The third kappa shape index (κ3) is 4.34. The second-order valence-electron chi connectivity index (χ2n) is 8.26. The largest absolute Gasteiger partial charge is 0.378 e. The average molecular weight is 478 g/mol. The summed E-state index contributed by atoms with van der Waals surface area (Å²) >= 11 is 1.41. The normalized spacial score (nSPS) is 13.9. The number of fused-ring (bicyclic) bond motifs is 1. The lowest BCUT2D eigenvalue weighted by atomic mass is 10.1. The van der Waals surface area contributed by atoms with Gasteiger partial charge in [-0.25, -0.2) is 4.39 Å². The minimum Gasteiger partial charge on any atom is -0.378 e. The molecule has 1 aliphatic rings. The number of aromatic amines is 1. The van der Waals surface area contributed by atoms with Crippen LogP contribution in [0.4, 0.5) is 9.39 Å². The molecule has 0 spiro atoms. The first-order valence-electron chi connectivity index (χ1n) is 11.1. The number of carbonyl (C=O) groups is 2. The maximum Gasteiger partial charge on any atom is 0.257 e. The molecule has 0 bridgehead atoms. The van der Waals surface area contributed by atoms with E-state index in [0.717, 1.165) is 27.0 Å². The lowest BCUT2D eigenvalue weighted by Crippen LogP contribution is -2.41. The third-order valence-electron chi connectivity index (χ3n) is 6.03. The molecule has 6 nitrogen and oxygen atoms in total. The van der Waals surface area contributed by atoms with Crippen molar-refractivity contribution in [3.63, 3.8) is 0 Å². The monoisotopic (exact) mass is 477 g/mol. The van der Waals surface area contributed by atoms with Gasteiger partial charge in [0, 0.05) is 35.1 Å². The lowest BCUT2D eigenvalue weighted by Gasteiger charge is -2.27. The van der Waals surface area contributed by atoms with Gasteiger partial charge in [0.05, 0.1) is 25.2 Å². The molecule has 1 saturated heterocycles. The van der Waals surface area contributed by atoms with Crippen molar-refractivity contribution in [2.75, 3.05) is 31.6 Å². The van der Waals surface area contributed by atoms with Crippen LogP contribution in [0.15, 0.2) is 54.7 Å². The van der Waals surface area contributed by atoms with Gasteiger partial charge in [-0.05, 0) is 41.8 Å². The summed E-state index contributed by atoms with van der Waals surface area (Å²) in [6.45, 7) is 3.98. The fraction of sp³-hybridized carbons (Fsp3) is 0.231. The number of rotatable bonds is 5. The van der Waals surface area contributed by atoms with Gasteiger partial charge < -0.3 is 19.9 Å². The summed E-state index contributed by atoms with van der Waals surface area (Å²) in [7, 11) is 0. The standard InChI is InChI=1S/C26H24FN3O3S/c1-16-23(26(32)30-9-11-33-12-10-30)25(34-24(16)17-5-3-2-4-6-17)29-22(31)13-18-15-28-21-14-19(27)7-8-20(18)21/h2-8,14-15,28H,9-13H2,1H3,(H,29,31). The number of nitrogens with zero attached hydrogens (tertiary/aromatic N) is 1. The number of morpholine rings is 1. The number of halogens is 1. The number of nitrogens with one attached hydrogen (secondary N) is 2. The molecular weight excluding hydrogens is 453 g/mol. The highest BCUT2D eigenvalue weighted by molar-refractivity contribution is 7.20. The Morgan fingerprint density at radius 3 is 2.68 bits per heavy atom. The summed E-state index contributed by atoms with van der Waals surface area (Å²) in [6, 6.07) is 14.3. The molecule has 4 aromatic rings. The predicted molar refractivity (Wildman–Crippen MR) is 132 cm³/mol. The van der Waals surface area contributed by atoms with E-state index < -0.39 is 0 Å². The molecule has 34 heavy (non-hydrogen) atoms. The van der Waals surface area contributed by atoms with Crippen LogP contribution in [-0.2, 0) is 16.0 Å². The number of anilines is 1. The highest BCUT2D eigenvalue weighted by Crippen LogP contribution is 2.40. The van der Waals surface area contributed by atoms with E-state index in [4.69, 9.17) is 4.74 Å². The molecule has 2 amide bonds. The first-order valence-corrected chi connectivity index (χ1v) is 11.9. The van der Waals surface area contributed by atoms with Gasteiger partial charge in [-0.2, -0.15) is 0 Å². The zero-order chi connectivity index (χ0) is 23.7. The topological polar surface area (TPSA) is 74.4 Å². The zero-order valence-corrected chi connectivity index (χ0v) is 19.5. The zero-order valence-electron chi connectivity index (χ0n) is 18.7. The van der Waals surface area contributed by atoms with Gasteiger partial charge in [0.15, 0.2) is 0 Å². The second kappa shape index (κ2) is 9.40. The maximum atomic E-state index is 13.5. The molecule has 8 heteroatoms. The SMILES string of the molecule is Cc1c(-c2ccccc2)sc(NC(=O)Cc2c[nH]c3cc(F)ccc23)c1C(=O)N1CCOCC1. The minimum atomic E-state index is -0.334. The summed E-state index contributed by atoms with van der Waals surface area (Å²) in [5.74, 6) is -0.668. The number of carbonyl (C=O) groups excluding carboxylic acids is 2. The molecule has 174 valence electrons. The van der Waals surface area contributed by atoms with E-state index in [1.165, 1.54) is 23.5 Å². The molecule has 3 heterocycles. The van der Waals surface area contributed by atoms with Gasteiger partial charge in [0.1, 0.15) is 10.8 Å². The Balaban J connectivity index is 1.46. The quantitative estimate of drug-likeness (QED) is 0.425. The summed E-state index contributed by atoms with van der Waals surface area (Å²) in [4.78, 5) is 32.3. The smallest absolute Gasteiger partial charge is 0.257 e. The minimum absolute atomic E-state index is 0.0999. The Morgan fingerprint density at radius 2 is 1.91 bits per heavy atom. The van der Waals surface area contributed by atoms with Crippen LogP contribution in [0.3, 0.4) is 0 Å². The van der Waals surface area contributed by atoms with Crippen LogP contribution in [0.5, 0.6) is 0 Å². The highest BCUT2D eigenvalue weighted by Gasteiger charge is 2.28. The van der Waals surface area contributed by atoms with Crippen molar-refractivity contribution in [1.82, 2.24) is 9.88 Å². The van der Waals surface area contributed by atoms with E-state index in [2.05, 4.69) is 10.3 Å². The molecule has 2 aromatic heterocycles. The van der Waals surface area contributed by atoms with E-state index in [1.54, 1.807) is 17.2 Å². The van der Waals surface area contributed by atoms with Crippen LogP contribution in [-0.4, -0.2) is 48.0 Å². The summed E-state index contributed by atoms with van der Waals surface area (Å²) in [5, 5.41) is 4.33. The van der Waals surface area contributed by atoms with E-state index in [9.17, 15) is 14.0 Å². The number of benzene rings is 2. The molecule has 0 aliphatic carbocycles. The highest BCUT2D eigenvalue weighted by atomic mass is 32.1. The molecular formula is C26H24FN3O3S. The van der Waals surface area contributed by atoms with Gasteiger partial charge in [0.2, 0.25) is 5.91 Å². The fourth-order valence-corrected chi connectivity index (χ4v) is 5.52. The molecule has 1 fully saturated rings. The van der Waals surface area contributed by atoms with Gasteiger partial charge in [-0.15, -0.1) is 11.3 Å². The van der Waals surface area contributed by atoms with Crippen molar-refractivity contribution >= 4 is 39.1 Å². The third-order valence-corrected chi connectivity index (χ3v) is 7.28. The molecule has 0 unspecified atom stereocenters. The van der Waals surface area contributed by atoms with Crippen LogP contribution in [0, 0.1) is 12.7 Å². The first-order chi connectivity index (χ1) is 16.5. The van der Waals surface area contributed by atoms with Crippen molar-refractivity contribution in [3.8, 4) is 10.4 Å². The molecule has 5 rings (SSSR count). The Kier molecular flexibility index (Phi) is 6.17. The number of hydrogen-bond donors (Lipinski definition) is 2. The number of amides is 2. The fourth-order valence-electron chi connectivity index (χ4n) is 4.30. The summed E-state index contributed by atoms with van der Waals surface area (Å²) in [5.41, 5.74) is 3.79. The lowest BCUT2D eigenvalue weighted by molar-refractivity contribution is -0.115. The Morgan fingerprint density at radius 1 is 1.15 bits per heavy atom. The molecule has 0 atom stereocenters. The molecule has 2 N–H and O–H groups in total. The van der Waals surface area contributed by atoms with Crippen LogP contribution in [0.25, 0.3) is 21.3 Å². The summed E-state index contributed by atoms with van der Waals surface area (Å²) in [6.07, 6.45) is 1.83. The van der Waals surface area contributed by atoms with E-state index >= 15 is 0 Å². The van der Waals surface area contributed by atoms with Gasteiger partial charge in [-0.3, -0.25) is 9.59 Å². The van der Waals surface area contributed by atoms with Crippen LogP contribution in [0.1, 0.15) is 21.5 Å². The van der Waals surface area contributed by atoms with Gasteiger partial charge in [0.25, 0.3) is 5.91 Å². The predicted octanol–water partition coefficient (Wildman–Crippen LogP) is 5.00. The molecule has 1 aliphatic heterocycles. The van der Waals surface area contributed by atoms with Crippen molar-refractivity contribution in [2.24, 2.45) is 0 Å². The van der Waals surface area contributed by atoms with Crippen LogP contribution >= 0.6 is 11.3 Å². The Labute approximate surface area is 200 Å². The molecule has 0 saturated carbocycles. The van der Waals surface area contributed by atoms with Gasteiger partial charge >= 0.3 is 0 Å². The number of hydrogen-bond acceptors (Lipinski definition) is 4. The summed E-state index contributed by atoms with van der Waals surface area (Å²) < 4.78 is 18.9. The average Bonchev–Trinajstić information content (AvgIpc) is 3.39. The maximum absolute atomic E-state index is 13.5. The first kappa shape index (κ1) is 22.3. The van der Waals surface area contributed by atoms with E-state index in [0.29, 0.717) is 42.4 Å². The van der Waals surface area contributed by atoms with Crippen molar-refractivity contribution < 1.29 is 18.7 Å². The van der Waals surface area contributed by atoms with E-state index in [-0.39, 0.29) is 24.1 Å².